The van der Waals surface area contributed by atoms with Gasteiger partial charge in [-0.25, -0.2) is 0 Å². The molecule has 1 N–H and O–H groups in total. The van der Waals surface area contributed by atoms with Gasteiger partial charge in [-0.3, -0.25) is 4.79 Å². The van der Waals surface area contributed by atoms with Gasteiger partial charge in [-0.1, -0.05) is 26.0 Å². The highest BCUT2D eigenvalue weighted by Gasteiger charge is 2.41. The summed E-state index contributed by atoms with van der Waals surface area (Å²) in [4.78, 5) is 11.9. The number of esters is 1. The first kappa shape index (κ1) is 15.5. The van der Waals surface area contributed by atoms with Crippen molar-refractivity contribution in [2.75, 3.05) is 14.2 Å². The molecule has 0 aromatic heterocycles. The Labute approximate surface area is 114 Å². The van der Waals surface area contributed by atoms with Crippen molar-refractivity contribution in [3.05, 3.63) is 29.8 Å². The maximum atomic E-state index is 11.9. The van der Waals surface area contributed by atoms with Crippen LogP contribution < -0.4 is 4.74 Å². The van der Waals surface area contributed by atoms with Gasteiger partial charge >= 0.3 is 5.97 Å². The van der Waals surface area contributed by atoms with Crippen molar-refractivity contribution in [2.45, 2.75) is 26.4 Å². The van der Waals surface area contributed by atoms with Gasteiger partial charge in [0.05, 0.1) is 20.1 Å². The van der Waals surface area contributed by atoms with E-state index >= 15 is 0 Å². The second-order valence-corrected chi connectivity index (χ2v) is 5.12. The molecule has 0 radical (unpaired) electrons. The molecule has 0 saturated carbocycles. The minimum atomic E-state index is -1.28. The van der Waals surface area contributed by atoms with E-state index in [1.807, 2.05) is 13.8 Å². The largest absolute Gasteiger partial charge is 0.497 e. The fourth-order valence-electron chi connectivity index (χ4n) is 2.39. The smallest absolute Gasteiger partial charge is 0.312 e. The molecule has 4 nitrogen and oxygen atoms in total. The lowest BCUT2D eigenvalue weighted by molar-refractivity contribution is -0.159. The predicted octanol–water partition coefficient (Wildman–Crippen LogP) is 2.35. The molecule has 0 aliphatic heterocycles. The van der Waals surface area contributed by atoms with Crippen molar-refractivity contribution in [1.82, 2.24) is 0 Å². The number of carbonyl (C=O) groups excluding carboxylic acids is 1. The van der Waals surface area contributed by atoms with Crippen LogP contribution in [0.15, 0.2) is 24.3 Å². The van der Waals surface area contributed by atoms with E-state index in [0.717, 1.165) is 0 Å². The Balaban J connectivity index is 3.14. The molecular weight excluding hydrogens is 244 g/mol. The molecule has 1 rings (SSSR count). The molecule has 0 bridgehead atoms. The highest BCUT2D eigenvalue weighted by atomic mass is 16.5. The maximum Gasteiger partial charge on any atom is 0.312 e. The number of hydrogen-bond donors (Lipinski definition) is 1. The van der Waals surface area contributed by atoms with E-state index in [1.165, 1.54) is 7.11 Å². The van der Waals surface area contributed by atoms with Crippen molar-refractivity contribution in [3.63, 3.8) is 0 Å². The minimum Gasteiger partial charge on any atom is -0.497 e. The molecule has 0 aliphatic carbocycles. The molecule has 106 valence electrons. The van der Waals surface area contributed by atoms with Crippen LogP contribution in [0, 0.1) is 11.8 Å². The molecule has 1 aromatic rings. The number of aliphatic hydroxyl groups is 1. The Kier molecular flexibility index (Phi) is 4.95. The van der Waals surface area contributed by atoms with Crippen LogP contribution in [-0.2, 0) is 15.1 Å². The summed E-state index contributed by atoms with van der Waals surface area (Å²) < 4.78 is 9.89. The molecule has 0 heterocycles. The lowest BCUT2D eigenvalue weighted by atomic mass is 9.76. The number of benzene rings is 1. The topological polar surface area (TPSA) is 55.8 Å². The number of methoxy groups -OCH3 is 2. The molecule has 19 heavy (non-hydrogen) atoms. The molecule has 0 saturated heterocycles. The zero-order valence-corrected chi connectivity index (χ0v) is 12.1. The van der Waals surface area contributed by atoms with Gasteiger partial charge in [0.2, 0.25) is 0 Å². The second-order valence-electron chi connectivity index (χ2n) is 5.12. The van der Waals surface area contributed by atoms with Crippen molar-refractivity contribution in [2.24, 2.45) is 11.8 Å². The summed E-state index contributed by atoms with van der Waals surface area (Å²) in [5, 5.41) is 10.7. The van der Waals surface area contributed by atoms with Crippen molar-refractivity contribution in [1.29, 1.82) is 0 Å². The fraction of sp³-hybridized carbons (Fsp3) is 0.533. The van der Waals surface area contributed by atoms with Crippen molar-refractivity contribution < 1.29 is 19.4 Å². The lowest BCUT2D eigenvalue weighted by Gasteiger charge is -2.34. The van der Waals surface area contributed by atoms with Gasteiger partial charge in [-0.15, -0.1) is 0 Å². The summed E-state index contributed by atoms with van der Waals surface area (Å²) in [6, 6.07) is 7.05. The molecular formula is C15H22O4. The standard InChI is InChI=1S/C15H22O4/c1-10(2)13(14(16)19-5)15(3,17)11-6-8-12(18-4)9-7-11/h6-10,13,17H,1-5H3. The van der Waals surface area contributed by atoms with E-state index in [4.69, 9.17) is 9.47 Å². The van der Waals surface area contributed by atoms with Crippen LogP contribution in [0.5, 0.6) is 5.75 Å². The zero-order chi connectivity index (χ0) is 14.6. The third-order valence-corrected chi connectivity index (χ3v) is 3.40. The Morgan fingerprint density at radius 2 is 1.74 bits per heavy atom. The molecule has 4 heteroatoms. The van der Waals surface area contributed by atoms with E-state index in [-0.39, 0.29) is 5.92 Å². The van der Waals surface area contributed by atoms with Gasteiger partial charge in [0.1, 0.15) is 11.4 Å². The molecule has 0 spiro atoms. The molecule has 0 fully saturated rings. The van der Waals surface area contributed by atoms with E-state index in [2.05, 4.69) is 0 Å². The Hall–Kier alpha value is -1.55. The lowest BCUT2D eigenvalue weighted by Crippen LogP contribution is -2.41. The number of rotatable bonds is 5. The summed E-state index contributed by atoms with van der Waals surface area (Å²) in [6.07, 6.45) is 0. The number of hydrogen-bond acceptors (Lipinski definition) is 4. The summed E-state index contributed by atoms with van der Waals surface area (Å²) in [7, 11) is 2.92. The fourth-order valence-corrected chi connectivity index (χ4v) is 2.39. The summed E-state index contributed by atoms with van der Waals surface area (Å²) in [5.74, 6) is -0.357. The normalized spacial score (nSPS) is 15.7. The van der Waals surface area contributed by atoms with Gasteiger partial charge in [0, 0.05) is 0 Å². The van der Waals surface area contributed by atoms with Crippen LogP contribution in [0.25, 0.3) is 0 Å². The molecule has 2 atom stereocenters. The van der Waals surface area contributed by atoms with E-state index in [1.54, 1.807) is 38.3 Å². The summed E-state index contributed by atoms with van der Waals surface area (Å²) in [5.41, 5.74) is -0.620. The minimum absolute atomic E-state index is 0.0375. The monoisotopic (exact) mass is 266 g/mol. The average Bonchev–Trinajstić information content (AvgIpc) is 2.37. The van der Waals surface area contributed by atoms with Gasteiger partial charge < -0.3 is 14.6 Å². The molecule has 2 unspecified atom stereocenters. The molecule has 1 aromatic carbocycles. The van der Waals surface area contributed by atoms with Gasteiger partial charge in [0.25, 0.3) is 0 Å². The first-order chi connectivity index (χ1) is 8.84. The molecule has 0 amide bonds. The van der Waals surface area contributed by atoms with Gasteiger partial charge in [-0.2, -0.15) is 0 Å². The van der Waals surface area contributed by atoms with E-state index < -0.39 is 17.5 Å². The number of ether oxygens (including phenoxy) is 2. The van der Waals surface area contributed by atoms with Crippen molar-refractivity contribution >= 4 is 5.97 Å². The predicted molar refractivity (Wildman–Crippen MR) is 72.9 cm³/mol. The third kappa shape index (κ3) is 3.26. The van der Waals surface area contributed by atoms with E-state index in [9.17, 15) is 9.90 Å². The van der Waals surface area contributed by atoms with Gasteiger partial charge in [-0.05, 0) is 30.5 Å². The van der Waals surface area contributed by atoms with Gasteiger partial charge in [0.15, 0.2) is 0 Å². The quantitative estimate of drug-likeness (QED) is 0.831. The first-order valence-electron chi connectivity index (χ1n) is 6.29. The van der Waals surface area contributed by atoms with Crippen LogP contribution in [0.3, 0.4) is 0 Å². The SMILES string of the molecule is COC(=O)C(C(C)C)C(C)(O)c1ccc(OC)cc1. The van der Waals surface area contributed by atoms with Crippen LogP contribution >= 0.6 is 0 Å². The van der Waals surface area contributed by atoms with E-state index in [0.29, 0.717) is 11.3 Å². The molecule has 0 aliphatic rings. The highest BCUT2D eigenvalue weighted by molar-refractivity contribution is 5.74. The highest BCUT2D eigenvalue weighted by Crippen LogP contribution is 2.35. The number of carbonyl (C=O) groups is 1. The maximum absolute atomic E-state index is 11.9. The first-order valence-corrected chi connectivity index (χ1v) is 6.29. The Bertz CT molecular complexity index is 420. The third-order valence-electron chi connectivity index (χ3n) is 3.40. The second kappa shape index (κ2) is 6.06. The summed E-state index contributed by atoms with van der Waals surface area (Å²) >= 11 is 0. The van der Waals surface area contributed by atoms with Crippen LogP contribution in [0.1, 0.15) is 26.3 Å². The summed E-state index contributed by atoms with van der Waals surface area (Å²) in [6.45, 7) is 5.41. The zero-order valence-electron chi connectivity index (χ0n) is 12.1. The van der Waals surface area contributed by atoms with Crippen LogP contribution in [-0.4, -0.2) is 25.3 Å². The Morgan fingerprint density at radius 3 is 2.11 bits per heavy atom. The van der Waals surface area contributed by atoms with Crippen LogP contribution in [0.4, 0.5) is 0 Å². The Morgan fingerprint density at radius 1 is 1.21 bits per heavy atom. The van der Waals surface area contributed by atoms with Crippen LogP contribution in [0.2, 0.25) is 0 Å². The van der Waals surface area contributed by atoms with Crippen molar-refractivity contribution in [3.8, 4) is 5.75 Å². The average molecular weight is 266 g/mol.